The second-order valence-electron chi connectivity index (χ2n) is 8.17. The Bertz CT molecular complexity index is 1170. The molecule has 0 bridgehead atoms. The Morgan fingerprint density at radius 1 is 1.03 bits per heavy atom. The number of benzene rings is 2. The van der Waals surface area contributed by atoms with E-state index in [1.807, 2.05) is 42.5 Å². The number of piperidine rings is 1. The fourth-order valence-corrected chi connectivity index (χ4v) is 5.18. The van der Waals surface area contributed by atoms with Crippen molar-refractivity contribution in [3.63, 3.8) is 0 Å². The van der Waals surface area contributed by atoms with E-state index in [4.69, 9.17) is 4.42 Å². The molecule has 0 atom stereocenters. The smallest absolute Gasteiger partial charge is 0.322 e. The summed E-state index contributed by atoms with van der Waals surface area (Å²) in [7, 11) is -3.58. The first-order valence-corrected chi connectivity index (χ1v) is 12.1. The van der Waals surface area contributed by atoms with E-state index in [1.165, 1.54) is 4.31 Å². The molecule has 4 rings (SSSR count). The van der Waals surface area contributed by atoms with Gasteiger partial charge in [0.2, 0.25) is 21.8 Å². The summed E-state index contributed by atoms with van der Waals surface area (Å²) >= 11 is 0. The summed E-state index contributed by atoms with van der Waals surface area (Å²) in [5.74, 6) is 0.0948. The van der Waals surface area contributed by atoms with Crippen molar-refractivity contribution in [1.29, 1.82) is 0 Å². The van der Waals surface area contributed by atoms with Gasteiger partial charge in [-0.1, -0.05) is 49.3 Å². The Labute approximate surface area is 187 Å². The Balaban J connectivity index is 1.35. The molecule has 8 nitrogen and oxygen atoms in total. The van der Waals surface area contributed by atoms with Crippen LogP contribution in [0.5, 0.6) is 0 Å². The minimum Gasteiger partial charge on any atom is -0.403 e. The number of sulfonamides is 1. The van der Waals surface area contributed by atoms with E-state index in [2.05, 4.69) is 29.4 Å². The zero-order valence-electron chi connectivity index (χ0n) is 18.1. The van der Waals surface area contributed by atoms with Gasteiger partial charge in [-0.3, -0.25) is 10.1 Å². The van der Waals surface area contributed by atoms with Crippen molar-refractivity contribution in [3.8, 4) is 11.5 Å². The number of carbonyl (C=O) groups is 1. The third-order valence-corrected chi connectivity index (χ3v) is 7.60. The van der Waals surface area contributed by atoms with E-state index in [0.29, 0.717) is 24.7 Å². The summed E-state index contributed by atoms with van der Waals surface area (Å²) in [5, 5.41) is 10.5. The van der Waals surface area contributed by atoms with Crippen LogP contribution in [0.4, 0.5) is 6.01 Å². The van der Waals surface area contributed by atoms with Crippen molar-refractivity contribution in [3.05, 3.63) is 60.2 Å². The molecule has 0 radical (unpaired) electrons. The van der Waals surface area contributed by atoms with Gasteiger partial charge in [-0.05, 0) is 48.6 Å². The highest BCUT2D eigenvalue weighted by Crippen LogP contribution is 2.26. The molecule has 32 heavy (non-hydrogen) atoms. The van der Waals surface area contributed by atoms with E-state index in [9.17, 15) is 13.2 Å². The van der Waals surface area contributed by atoms with Crippen molar-refractivity contribution in [2.75, 3.05) is 18.4 Å². The molecule has 3 aromatic rings. The highest BCUT2D eigenvalue weighted by Gasteiger charge is 2.32. The number of carbonyl (C=O) groups excluding carboxylic acids is 1. The summed E-state index contributed by atoms with van der Waals surface area (Å²) in [6.07, 6.45) is 0.851. The first kappa shape index (κ1) is 22.2. The molecule has 0 spiro atoms. The average Bonchev–Trinajstić information content (AvgIpc) is 3.28. The zero-order valence-corrected chi connectivity index (χ0v) is 18.9. The topological polar surface area (TPSA) is 105 Å². The van der Waals surface area contributed by atoms with Crippen LogP contribution in [0.25, 0.3) is 11.5 Å². The molecule has 1 fully saturated rings. The predicted molar refractivity (Wildman–Crippen MR) is 120 cm³/mol. The van der Waals surface area contributed by atoms with Gasteiger partial charge in [-0.15, -0.1) is 5.10 Å². The molecule has 1 saturated heterocycles. The number of aromatic nitrogens is 2. The molecule has 9 heteroatoms. The summed E-state index contributed by atoms with van der Waals surface area (Å²) in [5.41, 5.74) is 1.86. The molecule has 1 aliphatic heterocycles. The van der Waals surface area contributed by atoms with Gasteiger partial charge in [-0.25, -0.2) is 8.42 Å². The van der Waals surface area contributed by atoms with Crippen LogP contribution >= 0.6 is 0 Å². The van der Waals surface area contributed by atoms with E-state index >= 15 is 0 Å². The molecule has 1 amide bonds. The lowest BCUT2D eigenvalue weighted by molar-refractivity contribution is -0.121. The fourth-order valence-electron chi connectivity index (χ4n) is 3.71. The lowest BCUT2D eigenvalue weighted by atomic mass is 9.97. The molecule has 2 aromatic carbocycles. The number of rotatable bonds is 6. The maximum Gasteiger partial charge on any atom is 0.322 e. The predicted octanol–water partition coefficient (Wildman–Crippen LogP) is 3.90. The van der Waals surface area contributed by atoms with Crippen molar-refractivity contribution in [1.82, 2.24) is 14.5 Å². The van der Waals surface area contributed by atoms with Crippen LogP contribution < -0.4 is 5.32 Å². The van der Waals surface area contributed by atoms with E-state index in [0.717, 1.165) is 11.1 Å². The number of nitrogens with one attached hydrogen (secondary N) is 1. The Morgan fingerprint density at radius 2 is 1.69 bits per heavy atom. The minimum atomic E-state index is -3.58. The standard InChI is InChI=1S/C23H26N4O4S/c1-16(2)17-8-10-20(11-9-17)32(29,30)27-14-12-18(13-15-27)21(28)24-23-26-25-22(31-23)19-6-4-3-5-7-19/h3-11,16,18H,12-15H2,1-2H3,(H,24,26,28). The molecule has 0 unspecified atom stereocenters. The molecule has 1 aromatic heterocycles. The van der Waals surface area contributed by atoms with Gasteiger partial charge < -0.3 is 4.42 Å². The Kier molecular flexibility index (Phi) is 6.38. The second kappa shape index (κ2) is 9.22. The first-order valence-electron chi connectivity index (χ1n) is 10.6. The average molecular weight is 455 g/mol. The van der Waals surface area contributed by atoms with E-state index < -0.39 is 10.0 Å². The Hall–Kier alpha value is -3.04. The van der Waals surface area contributed by atoms with Gasteiger partial charge in [0.15, 0.2) is 0 Å². The normalized spacial score (nSPS) is 15.7. The summed E-state index contributed by atoms with van der Waals surface area (Å²) in [6.45, 7) is 4.70. The van der Waals surface area contributed by atoms with Gasteiger partial charge in [0, 0.05) is 24.6 Å². The molecule has 0 saturated carbocycles. The van der Waals surface area contributed by atoms with Crippen LogP contribution in [0, 0.1) is 5.92 Å². The van der Waals surface area contributed by atoms with Crippen LogP contribution in [-0.4, -0.2) is 41.9 Å². The van der Waals surface area contributed by atoms with Gasteiger partial charge in [0.1, 0.15) is 0 Å². The largest absolute Gasteiger partial charge is 0.403 e. The van der Waals surface area contributed by atoms with Crippen molar-refractivity contribution in [2.24, 2.45) is 5.92 Å². The zero-order chi connectivity index (χ0) is 22.7. The number of nitrogens with zero attached hydrogens (tertiary/aromatic N) is 3. The van der Waals surface area contributed by atoms with Crippen LogP contribution in [0.1, 0.15) is 38.2 Å². The number of amides is 1. The lowest BCUT2D eigenvalue weighted by Gasteiger charge is -2.30. The molecule has 1 aliphatic rings. The molecular weight excluding hydrogens is 428 g/mol. The van der Waals surface area contributed by atoms with Gasteiger partial charge in [0.05, 0.1) is 4.90 Å². The third-order valence-electron chi connectivity index (χ3n) is 5.69. The summed E-state index contributed by atoms with van der Waals surface area (Å²) in [4.78, 5) is 12.9. The van der Waals surface area contributed by atoms with Gasteiger partial charge >= 0.3 is 6.01 Å². The molecule has 2 heterocycles. The number of anilines is 1. The highest BCUT2D eigenvalue weighted by molar-refractivity contribution is 7.89. The monoisotopic (exact) mass is 454 g/mol. The van der Waals surface area contributed by atoms with Gasteiger partial charge in [0.25, 0.3) is 0 Å². The van der Waals surface area contributed by atoms with Crippen LogP contribution in [0.15, 0.2) is 63.9 Å². The number of hydrogen-bond donors (Lipinski definition) is 1. The summed E-state index contributed by atoms with van der Waals surface area (Å²) in [6, 6.07) is 16.3. The summed E-state index contributed by atoms with van der Waals surface area (Å²) < 4.78 is 32.9. The molecular formula is C23H26N4O4S. The third kappa shape index (κ3) is 4.73. The highest BCUT2D eigenvalue weighted by atomic mass is 32.2. The fraction of sp³-hybridized carbons (Fsp3) is 0.348. The Morgan fingerprint density at radius 3 is 2.31 bits per heavy atom. The maximum absolute atomic E-state index is 13.0. The van der Waals surface area contributed by atoms with Crippen molar-refractivity contribution in [2.45, 2.75) is 37.5 Å². The minimum absolute atomic E-state index is 0.0362. The van der Waals surface area contributed by atoms with Crippen molar-refractivity contribution >= 4 is 21.9 Å². The van der Waals surface area contributed by atoms with Gasteiger partial charge in [-0.2, -0.15) is 4.31 Å². The molecule has 168 valence electrons. The molecule has 0 aliphatic carbocycles. The maximum atomic E-state index is 13.0. The molecule has 1 N–H and O–H groups in total. The SMILES string of the molecule is CC(C)c1ccc(S(=O)(=O)N2CCC(C(=O)Nc3nnc(-c4ccccc4)o3)CC2)cc1. The lowest BCUT2D eigenvalue weighted by Crippen LogP contribution is -2.41. The first-order chi connectivity index (χ1) is 15.3. The number of hydrogen-bond acceptors (Lipinski definition) is 6. The van der Waals surface area contributed by atoms with E-state index in [1.54, 1.807) is 12.1 Å². The van der Waals surface area contributed by atoms with Crippen molar-refractivity contribution < 1.29 is 17.6 Å². The van der Waals surface area contributed by atoms with E-state index in [-0.39, 0.29) is 35.8 Å². The van der Waals surface area contributed by atoms with Crippen LogP contribution in [0.2, 0.25) is 0 Å². The van der Waals surface area contributed by atoms with Crippen LogP contribution in [0.3, 0.4) is 0 Å². The quantitative estimate of drug-likeness (QED) is 0.606. The second-order valence-corrected chi connectivity index (χ2v) is 10.1. The van der Waals surface area contributed by atoms with Crippen LogP contribution in [-0.2, 0) is 14.8 Å².